The van der Waals surface area contributed by atoms with Crippen molar-refractivity contribution in [3.05, 3.63) is 35.9 Å². The minimum atomic E-state index is 0.771. The minimum absolute atomic E-state index is 0.771. The maximum Gasteiger partial charge on any atom is 0.00509 e. The first kappa shape index (κ1) is 13.1. The molecule has 1 unspecified atom stereocenters. The lowest BCUT2D eigenvalue weighted by Crippen LogP contribution is -2.36. The Morgan fingerprint density at radius 2 is 1.74 bits per heavy atom. The highest BCUT2D eigenvalue weighted by Crippen LogP contribution is 2.28. The molecule has 2 heteroatoms. The lowest BCUT2D eigenvalue weighted by molar-refractivity contribution is 0.175. The van der Waals surface area contributed by atoms with Crippen LogP contribution in [0.1, 0.15) is 30.7 Å². The molecule has 1 atom stereocenters. The summed E-state index contributed by atoms with van der Waals surface area (Å²) in [5.41, 5.74) is 1.54. The topological polar surface area (TPSA) is 6.48 Å². The molecule has 0 N–H and O–H groups in total. The molecule has 0 radical (unpaired) electrons. The summed E-state index contributed by atoms with van der Waals surface area (Å²) in [4.78, 5) is 5.17. The second kappa shape index (κ2) is 6.06. The third-order valence-corrected chi connectivity index (χ3v) is 4.90. The molecule has 1 aromatic rings. The zero-order chi connectivity index (χ0) is 13.1. The molecule has 2 aliphatic heterocycles. The van der Waals surface area contributed by atoms with Crippen molar-refractivity contribution in [1.82, 2.24) is 9.80 Å². The molecule has 0 bridgehead atoms. The number of nitrogens with zero attached hydrogens (tertiary/aromatic N) is 2. The third-order valence-electron chi connectivity index (χ3n) is 4.90. The Morgan fingerprint density at radius 3 is 2.47 bits per heavy atom. The summed E-state index contributed by atoms with van der Waals surface area (Å²) in [6, 6.07) is 11.1. The van der Waals surface area contributed by atoms with Gasteiger partial charge in [-0.25, -0.2) is 0 Å². The Hall–Kier alpha value is -0.860. The summed E-state index contributed by atoms with van der Waals surface area (Å²) < 4.78 is 0. The highest BCUT2D eigenvalue weighted by atomic mass is 15.2. The van der Waals surface area contributed by atoms with Crippen LogP contribution in [0.15, 0.2) is 30.3 Å². The van der Waals surface area contributed by atoms with Gasteiger partial charge < -0.3 is 9.80 Å². The van der Waals surface area contributed by atoms with Crippen LogP contribution in [0.5, 0.6) is 0 Å². The van der Waals surface area contributed by atoms with Crippen molar-refractivity contribution < 1.29 is 0 Å². The highest BCUT2D eigenvalue weighted by molar-refractivity contribution is 5.21. The van der Waals surface area contributed by atoms with E-state index < -0.39 is 0 Å². The van der Waals surface area contributed by atoms with Crippen LogP contribution >= 0.6 is 0 Å². The Kier molecular flexibility index (Phi) is 4.19. The number of rotatable bonds is 3. The number of benzene rings is 1. The van der Waals surface area contributed by atoms with Crippen molar-refractivity contribution in [2.24, 2.45) is 5.92 Å². The molecule has 2 aliphatic rings. The van der Waals surface area contributed by atoms with Gasteiger partial charge in [-0.15, -0.1) is 0 Å². The van der Waals surface area contributed by atoms with Crippen molar-refractivity contribution in [3.8, 4) is 0 Å². The fourth-order valence-corrected chi connectivity index (χ4v) is 3.61. The number of likely N-dealkylation sites (tertiary alicyclic amines) is 2. The lowest BCUT2D eigenvalue weighted by Gasteiger charge is -2.31. The molecule has 0 spiro atoms. The SMILES string of the molecule is CN1CCC(CN2CCC(c3ccccc3)C2)CC1. The molecular weight excluding hydrogens is 232 g/mol. The van der Waals surface area contributed by atoms with Gasteiger partial charge in [-0.2, -0.15) is 0 Å². The Balaban J connectivity index is 1.49. The van der Waals surface area contributed by atoms with E-state index in [0.717, 1.165) is 11.8 Å². The summed E-state index contributed by atoms with van der Waals surface area (Å²) >= 11 is 0. The Labute approximate surface area is 117 Å². The second-order valence-electron chi connectivity index (χ2n) is 6.40. The van der Waals surface area contributed by atoms with Gasteiger partial charge in [0.1, 0.15) is 0 Å². The van der Waals surface area contributed by atoms with Crippen LogP contribution in [0.25, 0.3) is 0 Å². The van der Waals surface area contributed by atoms with Crippen molar-refractivity contribution in [2.75, 3.05) is 39.8 Å². The molecule has 0 aromatic heterocycles. The molecule has 0 saturated carbocycles. The summed E-state index contributed by atoms with van der Waals surface area (Å²) in [5.74, 6) is 1.71. The molecule has 0 amide bonds. The van der Waals surface area contributed by atoms with E-state index in [9.17, 15) is 0 Å². The van der Waals surface area contributed by atoms with Crippen LogP contribution in [0.4, 0.5) is 0 Å². The van der Waals surface area contributed by atoms with Crippen LogP contribution in [-0.2, 0) is 0 Å². The second-order valence-corrected chi connectivity index (χ2v) is 6.40. The fraction of sp³-hybridized carbons (Fsp3) is 0.647. The van der Waals surface area contributed by atoms with Crippen molar-refractivity contribution in [3.63, 3.8) is 0 Å². The molecule has 3 rings (SSSR count). The largest absolute Gasteiger partial charge is 0.306 e. The average molecular weight is 258 g/mol. The third kappa shape index (κ3) is 3.37. The molecule has 2 fully saturated rings. The van der Waals surface area contributed by atoms with Gasteiger partial charge in [0.2, 0.25) is 0 Å². The first-order valence-corrected chi connectivity index (χ1v) is 7.77. The van der Waals surface area contributed by atoms with Crippen molar-refractivity contribution in [2.45, 2.75) is 25.2 Å². The number of piperidine rings is 1. The first-order valence-electron chi connectivity index (χ1n) is 7.77. The van der Waals surface area contributed by atoms with E-state index in [2.05, 4.69) is 47.2 Å². The number of hydrogen-bond donors (Lipinski definition) is 0. The highest BCUT2D eigenvalue weighted by Gasteiger charge is 2.26. The standard InChI is InChI=1S/C17H26N2/c1-18-10-7-15(8-11-18)13-19-12-9-17(14-19)16-5-3-2-4-6-16/h2-6,15,17H,7-14H2,1H3. The van der Waals surface area contributed by atoms with E-state index in [-0.39, 0.29) is 0 Å². The van der Waals surface area contributed by atoms with Gasteiger partial charge in [-0.1, -0.05) is 30.3 Å². The predicted molar refractivity (Wildman–Crippen MR) is 80.5 cm³/mol. The molecular formula is C17H26N2. The fourth-order valence-electron chi connectivity index (χ4n) is 3.61. The predicted octanol–water partition coefficient (Wildman–Crippen LogP) is 2.82. The van der Waals surface area contributed by atoms with E-state index >= 15 is 0 Å². The maximum absolute atomic E-state index is 2.70. The van der Waals surface area contributed by atoms with E-state index in [1.165, 1.54) is 57.5 Å². The van der Waals surface area contributed by atoms with Gasteiger partial charge in [0, 0.05) is 13.1 Å². The van der Waals surface area contributed by atoms with Gasteiger partial charge in [-0.3, -0.25) is 0 Å². The van der Waals surface area contributed by atoms with Crippen LogP contribution in [0.3, 0.4) is 0 Å². The molecule has 2 saturated heterocycles. The van der Waals surface area contributed by atoms with Crippen LogP contribution < -0.4 is 0 Å². The molecule has 1 aromatic carbocycles. The number of hydrogen-bond acceptors (Lipinski definition) is 2. The van der Waals surface area contributed by atoms with Crippen LogP contribution in [0.2, 0.25) is 0 Å². The Morgan fingerprint density at radius 1 is 1.00 bits per heavy atom. The van der Waals surface area contributed by atoms with Crippen molar-refractivity contribution >= 4 is 0 Å². The van der Waals surface area contributed by atoms with Crippen molar-refractivity contribution in [1.29, 1.82) is 0 Å². The van der Waals surface area contributed by atoms with E-state index in [0.29, 0.717) is 0 Å². The van der Waals surface area contributed by atoms with E-state index in [1.54, 1.807) is 0 Å². The Bertz CT molecular complexity index is 382. The van der Waals surface area contributed by atoms with Gasteiger partial charge in [-0.05, 0) is 63.3 Å². The normalized spacial score (nSPS) is 26.9. The zero-order valence-electron chi connectivity index (χ0n) is 12.1. The van der Waals surface area contributed by atoms with E-state index in [4.69, 9.17) is 0 Å². The zero-order valence-corrected chi connectivity index (χ0v) is 12.1. The molecule has 2 heterocycles. The quantitative estimate of drug-likeness (QED) is 0.822. The molecule has 0 aliphatic carbocycles. The minimum Gasteiger partial charge on any atom is -0.306 e. The molecule has 2 nitrogen and oxygen atoms in total. The van der Waals surface area contributed by atoms with Gasteiger partial charge >= 0.3 is 0 Å². The molecule has 104 valence electrons. The van der Waals surface area contributed by atoms with Crippen LogP contribution in [0, 0.1) is 5.92 Å². The summed E-state index contributed by atoms with van der Waals surface area (Å²) in [6.45, 7) is 6.49. The van der Waals surface area contributed by atoms with E-state index in [1.807, 2.05) is 0 Å². The smallest absolute Gasteiger partial charge is 0.00509 e. The van der Waals surface area contributed by atoms with Gasteiger partial charge in [0.15, 0.2) is 0 Å². The first-order chi connectivity index (χ1) is 9.31. The average Bonchev–Trinajstić information content (AvgIpc) is 2.91. The monoisotopic (exact) mass is 258 g/mol. The lowest BCUT2D eigenvalue weighted by atomic mass is 9.96. The van der Waals surface area contributed by atoms with Crippen LogP contribution in [-0.4, -0.2) is 49.6 Å². The summed E-state index contributed by atoms with van der Waals surface area (Å²) in [6.07, 6.45) is 4.13. The van der Waals surface area contributed by atoms with Gasteiger partial charge in [0.25, 0.3) is 0 Å². The summed E-state index contributed by atoms with van der Waals surface area (Å²) in [7, 11) is 2.25. The molecule has 19 heavy (non-hydrogen) atoms. The summed E-state index contributed by atoms with van der Waals surface area (Å²) in [5, 5.41) is 0. The van der Waals surface area contributed by atoms with Gasteiger partial charge in [0.05, 0.1) is 0 Å². The maximum atomic E-state index is 2.70.